The van der Waals surface area contributed by atoms with Gasteiger partial charge in [0.2, 0.25) is 5.91 Å². The summed E-state index contributed by atoms with van der Waals surface area (Å²) in [6.07, 6.45) is 0. The van der Waals surface area contributed by atoms with E-state index in [1.807, 2.05) is 0 Å². The molecular weight excluding hydrogens is 438 g/mol. The molecule has 0 atom stereocenters. The monoisotopic (exact) mass is 458 g/mol. The molecule has 0 saturated carbocycles. The molecule has 10 heteroatoms. The van der Waals surface area contributed by atoms with Crippen LogP contribution in [0.2, 0.25) is 0 Å². The molecule has 0 bridgehead atoms. The van der Waals surface area contributed by atoms with Gasteiger partial charge in [0.25, 0.3) is 5.91 Å². The molecule has 7 nitrogen and oxygen atoms in total. The minimum atomic E-state index is -0.555. The highest BCUT2D eigenvalue weighted by Gasteiger charge is 2.25. The van der Waals surface area contributed by atoms with Crippen molar-refractivity contribution < 1.29 is 23.1 Å². The number of nitrogens with one attached hydrogen (secondary N) is 2. The van der Waals surface area contributed by atoms with Crippen molar-refractivity contribution in [1.82, 2.24) is 15.1 Å². The van der Waals surface area contributed by atoms with Crippen LogP contribution in [0.3, 0.4) is 0 Å². The molecular formula is C22H20F2N4O3S. The summed E-state index contributed by atoms with van der Waals surface area (Å²) in [5.41, 5.74) is 2.44. The Morgan fingerprint density at radius 2 is 1.84 bits per heavy atom. The van der Waals surface area contributed by atoms with Crippen LogP contribution in [0, 0.1) is 11.6 Å². The van der Waals surface area contributed by atoms with Crippen LogP contribution in [0.1, 0.15) is 16.8 Å². The van der Waals surface area contributed by atoms with Gasteiger partial charge >= 0.3 is 0 Å². The van der Waals surface area contributed by atoms with Crippen molar-refractivity contribution in [3.8, 4) is 5.75 Å². The SMILES string of the molecule is O=C(Cn1nc2c(c1NC(=O)COc1ccccc1F)CSC2)NCc1ccc(F)cc1. The van der Waals surface area contributed by atoms with Gasteiger partial charge in [-0.15, -0.1) is 0 Å². The number of hydrogen-bond acceptors (Lipinski definition) is 5. The number of amides is 2. The van der Waals surface area contributed by atoms with Gasteiger partial charge in [-0.2, -0.15) is 16.9 Å². The van der Waals surface area contributed by atoms with E-state index in [9.17, 15) is 18.4 Å². The van der Waals surface area contributed by atoms with Crippen molar-refractivity contribution in [2.24, 2.45) is 0 Å². The van der Waals surface area contributed by atoms with Gasteiger partial charge in [0, 0.05) is 23.6 Å². The summed E-state index contributed by atoms with van der Waals surface area (Å²) >= 11 is 1.66. The van der Waals surface area contributed by atoms with Crippen molar-refractivity contribution in [2.45, 2.75) is 24.6 Å². The first kappa shape index (κ1) is 21.8. The Balaban J connectivity index is 1.39. The predicted molar refractivity (Wildman–Crippen MR) is 116 cm³/mol. The highest BCUT2D eigenvalue weighted by atomic mass is 32.2. The number of halogens is 2. The minimum Gasteiger partial charge on any atom is -0.481 e. The molecule has 0 aliphatic carbocycles. The lowest BCUT2D eigenvalue weighted by atomic mass is 10.2. The van der Waals surface area contributed by atoms with Crippen molar-refractivity contribution in [3.05, 3.63) is 77.0 Å². The third-order valence-electron chi connectivity index (χ3n) is 4.77. The smallest absolute Gasteiger partial charge is 0.263 e. The Hall–Kier alpha value is -3.40. The zero-order chi connectivity index (χ0) is 22.5. The third kappa shape index (κ3) is 5.25. The summed E-state index contributed by atoms with van der Waals surface area (Å²) in [5, 5.41) is 9.96. The van der Waals surface area contributed by atoms with E-state index in [2.05, 4.69) is 15.7 Å². The Morgan fingerprint density at radius 1 is 1.06 bits per heavy atom. The minimum absolute atomic E-state index is 0.0166. The van der Waals surface area contributed by atoms with Crippen molar-refractivity contribution in [3.63, 3.8) is 0 Å². The lowest BCUT2D eigenvalue weighted by Crippen LogP contribution is -2.29. The Morgan fingerprint density at radius 3 is 2.62 bits per heavy atom. The van der Waals surface area contributed by atoms with Crippen LogP contribution in [-0.4, -0.2) is 28.2 Å². The molecule has 1 aliphatic rings. The fourth-order valence-electron chi connectivity index (χ4n) is 3.19. The second kappa shape index (κ2) is 9.82. The van der Waals surface area contributed by atoms with Gasteiger partial charge in [-0.1, -0.05) is 24.3 Å². The number of aromatic nitrogens is 2. The number of hydrogen-bond donors (Lipinski definition) is 2. The Labute approximate surface area is 187 Å². The number of anilines is 1. The van der Waals surface area contributed by atoms with Crippen LogP contribution < -0.4 is 15.4 Å². The Bertz CT molecular complexity index is 1130. The summed E-state index contributed by atoms with van der Waals surface area (Å²) in [4.78, 5) is 24.9. The fourth-order valence-corrected chi connectivity index (χ4v) is 4.22. The first-order valence-corrected chi connectivity index (χ1v) is 11.0. The molecule has 0 radical (unpaired) electrons. The van der Waals surface area contributed by atoms with E-state index in [0.29, 0.717) is 17.3 Å². The summed E-state index contributed by atoms with van der Waals surface area (Å²) in [6, 6.07) is 11.7. The maximum atomic E-state index is 13.7. The number of carbonyl (C=O) groups excluding carboxylic acids is 2. The van der Waals surface area contributed by atoms with Crippen LogP contribution in [0.25, 0.3) is 0 Å². The van der Waals surface area contributed by atoms with E-state index in [4.69, 9.17) is 4.74 Å². The number of nitrogens with zero attached hydrogens (tertiary/aromatic N) is 2. The third-order valence-corrected chi connectivity index (χ3v) is 5.74. The number of carbonyl (C=O) groups is 2. The summed E-state index contributed by atoms with van der Waals surface area (Å²) in [6.45, 7) is -0.235. The highest BCUT2D eigenvalue weighted by molar-refractivity contribution is 7.98. The number of fused-ring (bicyclic) bond motifs is 1. The number of para-hydroxylation sites is 1. The molecule has 0 spiro atoms. The molecule has 32 heavy (non-hydrogen) atoms. The quantitative estimate of drug-likeness (QED) is 0.541. The topological polar surface area (TPSA) is 85.2 Å². The molecule has 1 aromatic heterocycles. The van der Waals surface area contributed by atoms with Crippen LogP contribution in [0.5, 0.6) is 5.75 Å². The molecule has 2 amide bonds. The van der Waals surface area contributed by atoms with Crippen LogP contribution in [0.4, 0.5) is 14.6 Å². The van der Waals surface area contributed by atoms with E-state index < -0.39 is 11.7 Å². The van der Waals surface area contributed by atoms with Gasteiger partial charge < -0.3 is 15.4 Å². The number of benzene rings is 2. The maximum Gasteiger partial charge on any atom is 0.263 e. The van der Waals surface area contributed by atoms with Crippen LogP contribution >= 0.6 is 11.8 Å². The second-order valence-electron chi connectivity index (χ2n) is 7.09. The van der Waals surface area contributed by atoms with Gasteiger partial charge in [0.1, 0.15) is 18.2 Å². The van der Waals surface area contributed by atoms with Crippen LogP contribution in [-0.2, 0) is 34.2 Å². The van der Waals surface area contributed by atoms with Gasteiger partial charge in [-0.3, -0.25) is 9.59 Å². The fraction of sp³-hybridized carbons (Fsp3) is 0.227. The molecule has 0 unspecified atom stereocenters. The molecule has 1 aliphatic heterocycles. The molecule has 0 saturated heterocycles. The molecule has 2 heterocycles. The van der Waals surface area contributed by atoms with E-state index >= 15 is 0 Å². The normalized spacial score (nSPS) is 12.3. The molecule has 0 fully saturated rings. The van der Waals surface area contributed by atoms with E-state index in [0.717, 1.165) is 16.8 Å². The van der Waals surface area contributed by atoms with Crippen molar-refractivity contribution in [2.75, 3.05) is 11.9 Å². The highest BCUT2D eigenvalue weighted by Crippen LogP contribution is 2.34. The average Bonchev–Trinajstić information content (AvgIpc) is 3.35. The van der Waals surface area contributed by atoms with Crippen LogP contribution in [0.15, 0.2) is 48.5 Å². The molecule has 4 rings (SSSR count). The lowest BCUT2D eigenvalue weighted by Gasteiger charge is -2.12. The molecule has 3 aromatic rings. The maximum absolute atomic E-state index is 13.7. The summed E-state index contributed by atoms with van der Waals surface area (Å²) < 4.78 is 33.4. The van der Waals surface area contributed by atoms with E-state index in [1.165, 1.54) is 35.0 Å². The number of thioether (sulfide) groups is 1. The van der Waals surface area contributed by atoms with Gasteiger partial charge in [0.05, 0.1) is 5.69 Å². The zero-order valence-electron chi connectivity index (χ0n) is 16.9. The lowest BCUT2D eigenvalue weighted by molar-refractivity contribution is -0.122. The van der Waals surface area contributed by atoms with Crippen molar-refractivity contribution >= 4 is 29.4 Å². The first-order valence-electron chi connectivity index (χ1n) is 9.84. The predicted octanol–water partition coefficient (Wildman–Crippen LogP) is 3.24. The molecule has 166 valence electrons. The van der Waals surface area contributed by atoms with Gasteiger partial charge in [-0.05, 0) is 29.8 Å². The molecule has 2 N–H and O–H groups in total. The summed E-state index contributed by atoms with van der Waals surface area (Å²) in [7, 11) is 0. The zero-order valence-corrected chi connectivity index (χ0v) is 17.8. The number of rotatable bonds is 8. The van der Waals surface area contributed by atoms with E-state index in [-0.39, 0.29) is 37.2 Å². The summed E-state index contributed by atoms with van der Waals surface area (Å²) in [5.74, 6) is 0.0804. The van der Waals surface area contributed by atoms with Gasteiger partial charge in [-0.25, -0.2) is 13.5 Å². The second-order valence-corrected chi connectivity index (χ2v) is 8.08. The van der Waals surface area contributed by atoms with E-state index in [1.54, 1.807) is 30.0 Å². The molecule has 2 aromatic carbocycles. The number of ether oxygens (including phenoxy) is 1. The largest absolute Gasteiger partial charge is 0.481 e. The van der Waals surface area contributed by atoms with Crippen molar-refractivity contribution in [1.29, 1.82) is 0 Å². The first-order chi connectivity index (χ1) is 15.5. The standard InChI is InChI=1S/C22H20F2N4O3S/c23-15-7-5-14(6-8-15)9-25-20(29)10-28-22(16-12-32-13-18(16)27-28)26-21(30)11-31-19-4-2-1-3-17(19)24/h1-8H,9-13H2,(H,25,29)(H,26,30). The Kier molecular flexibility index (Phi) is 6.69. The van der Waals surface area contributed by atoms with Gasteiger partial charge in [0.15, 0.2) is 18.2 Å². The average molecular weight is 458 g/mol.